The molecule has 4 fully saturated rings. The maximum atomic E-state index is 12.4. The summed E-state index contributed by atoms with van der Waals surface area (Å²) in [5.74, 6) is 2.23. The molecular weight excluding hydrogens is 392 g/mol. The summed E-state index contributed by atoms with van der Waals surface area (Å²) in [6.45, 7) is 0. The van der Waals surface area contributed by atoms with Crippen LogP contribution in [-0.4, -0.2) is 24.2 Å². The van der Waals surface area contributed by atoms with Gasteiger partial charge >= 0.3 is 12.0 Å². The number of nitrogens with zero attached hydrogens (tertiary/aromatic N) is 1. The number of primary amides is 1. The van der Waals surface area contributed by atoms with Crippen molar-refractivity contribution < 1.29 is 19.4 Å². The van der Waals surface area contributed by atoms with Crippen molar-refractivity contribution in [3.8, 4) is 5.75 Å². The number of methoxy groups -OCH3 is 1. The number of hydrogen-bond donors (Lipinski definition) is 2. The third-order valence-corrected chi connectivity index (χ3v) is 7.64. The number of benzene rings is 2. The molecule has 31 heavy (non-hydrogen) atoms. The van der Waals surface area contributed by atoms with Gasteiger partial charge in [-0.1, -0.05) is 0 Å². The fraction of sp³-hybridized carbons (Fsp3) is 0.440. The Hall–Kier alpha value is -3.02. The number of ether oxygens (including phenoxy) is 1. The molecule has 0 unspecified atom stereocenters. The lowest BCUT2D eigenvalue weighted by Crippen LogP contribution is -2.48. The summed E-state index contributed by atoms with van der Waals surface area (Å²) in [5.41, 5.74) is 8.44. The Morgan fingerprint density at radius 1 is 0.968 bits per heavy atom. The van der Waals surface area contributed by atoms with E-state index in [4.69, 9.17) is 15.6 Å². The number of nitrogens with two attached hydrogens (primary N) is 1. The van der Waals surface area contributed by atoms with Crippen LogP contribution in [0.3, 0.4) is 0 Å². The lowest BCUT2D eigenvalue weighted by Gasteiger charge is -2.57. The largest absolute Gasteiger partial charge is 0.496 e. The van der Waals surface area contributed by atoms with Gasteiger partial charge in [-0.05, 0) is 104 Å². The van der Waals surface area contributed by atoms with E-state index >= 15 is 0 Å². The van der Waals surface area contributed by atoms with E-state index in [1.807, 2.05) is 12.1 Å². The molecular formula is C25H28N2O4. The van der Waals surface area contributed by atoms with E-state index < -0.39 is 12.0 Å². The molecule has 0 radical (unpaired) electrons. The van der Waals surface area contributed by atoms with Crippen molar-refractivity contribution in [2.24, 2.45) is 23.5 Å². The highest BCUT2D eigenvalue weighted by Crippen LogP contribution is 2.62. The van der Waals surface area contributed by atoms with Crippen LogP contribution in [0.4, 0.5) is 16.2 Å². The van der Waals surface area contributed by atoms with Crippen LogP contribution < -0.4 is 15.4 Å². The Labute approximate surface area is 182 Å². The summed E-state index contributed by atoms with van der Waals surface area (Å²) in [6, 6.07) is 11.4. The molecule has 4 saturated carbocycles. The van der Waals surface area contributed by atoms with Crippen molar-refractivity contribution in [3.05, 3.63) is 53.6 Å². The van der Waals surface area contributed by atoms with Crippen LogP contribution in [0.25, 0.3) is 0 Å². The topological polar surface area (TPSA) is 92.9 Å². The van der Waals surface area contributed by atoms with Crippen LogP contribution >= 0.6 is 0 Å². The van der Waals surface area contributed by atoms with Crippen molar-refractivity contribution in [3.63, 3.8) is 0 Å². The van der Waals surface area contributed by atoms with E-state index in [2.05, 4.69) is 6.07 Å². The Kier molecular flexibility index (Phi) is 4.68. The van der Waals surface area contributed by atoms with Crippen LogP contribution in [-0.2, 0) is 5.41 Å². The summed E-state index contributed by atoms with van der Waals surface area (Å²) < 4.78 is 5.78. The van der Waals surface area contributed by atoms with Gasteiger partial charge in [0, 0.05) is 5.56 Å². The third-order valence-electron chi connectivity index (χ3n) is 7.64. The lowest BCUT2D eigenvalue weighted by molar-refractivity contribution is -0.00613. The average Bonchev–Trinajstić information content (AvgIpc) is 2.73. The summed E-state index contributed by atoms with van der Waals surface area (Å²) in [7, 11) is 1.70. The molecule has 0 atom stereocenters. The van der Waals surface area contributed by atoms with Gasteiger partial charge in [-0.15, -0.1) is 0 Å². The minimum Gasteiger partial charge on any atom is -0.496 e. The van der Waals surface area contributed by atoms with Gasteiger partial charge in [0.1, 0.15) is 5.75 Å². The molecule has 3 N–H and O–H groups in total. The van der Waals surface area contributed by atoms with Crippen LogP contribution in [0.1, 0.15) is 54.4 Å². The zero-order chi connectivity index (χ0) is 21.8. The first-order valence-corrected chi connectivity index (χ1v) is 11.0. The van der Waals surface area contributed by atoms with Crippen molar-refractivity contribution >= 4 is 23.4 Å². The van der Waals surface area contributed by atoms with Gasteiger partial charge in [0.25, 0.3) is 0 Å². The number of hydrogen-bond acceptors (Lipinski definition) is 3. The first-order chi connectivity index (χ1) is 14.9. The molecule has 6 heteroatoms. The predicted octanol–water partition coefficient (Wildman–Crippen LogP) is 5.08. The summed E-state index contributed by atoms with van der Waals surface area (Å²) in [5, 5.41) is 9.17. The van der Waals surface area contributed by atoms with Gasteiger partial charge in [0.15, 0.2) is 0 Å². The number of carboxylic acid groups (broad SMARTS) is 1. The summed E-state index contributed by atoms with van der Waals surface area (Å²) >= 11 is 0. The lowest BCUT2D eigenvalue weighted by atomic mass is 9.48. The second-order valence-electron chi connectivity index (χ2n) is 9.61. The van der Waals surface area contributed by atoms with Crippen molar-refractivity contribution in [1.29, 1.82) is 0 Å². The number of rotatable bonds is 5. The molecule has 4 aliphatic rings. The number of carboxylic acids is 1. The van der Waals surface area contributed by atoms with Crippen LogP contribution in [0.15, 0.2) is 42.5 Å². The highest BCUT2D eigenvalue weighted by Gasteiger charge is 2.52. The number of amides is 2. The molecule has 2 aromatic carbocycles. The van der Waals surface area contributed by atoms with E-state index in [0.29, 0.717) is 11.4 Å². The summed E-state index contributed by atoms with van der Waals surface area (Å²) in [4.78, 5) is 25.1. The zero-order valence-electron chi connectivity index (χ0n) is 17.7. The van der Waals surface area contributed by atoms with E-state index in [-0.39, 0.29) is 11.0 Å². The highest BCUT2D eigenvalue weighted by atomic mass is 16.5. The Bertz CT molecular complexity index is 995. The van der Waals surface area contributed by atoms with Crippen LogP contribution in [0.2, 0.25) is 0 Å². The average molecular weight is 421 g/mol. The number of anilines is 2. The van der Waals surface area contributed by atoms with Gasteiger partial charge in [-0.2, -0.15) is 0 Å². The molecule has 2 amide bonds. The SMILES string of the molecule is COc1ccc(N(C(N)=O)c2ccc(C(=O)O)cc2)cc1C12CC3CC(CC(C3)C1)C2. The third kappa shape index (κ3) is 3.34. The standard InChI is InChI=1S/C25H28N2O4/c1-31-22-7-6-20(27(24(26)30)19-4-2-18(3-5-19)23(28)29)11-21(22)25-12-15-8-16(13-25)10-17(9-15)14-25/h2-7,11,15-17H,8-10,12-14H2,1H3,(H2,26,30)(H,28,29). The number of carbonyl (C=O) groups is 2. The molecule has 0 saturated heterocycles. The van der Waals surface area contributed by atoms with Gasteiger partial charge in [0.2, 0.25) is 0 Å². The Morgan fingerprint density at radius 3 is 2.00 bits per heavy atom. The zero-order valence-corrected chi connectivity index (χ0v) is 17.7. The molecule has 0 heterocycles. The number of urea groups is 1. The van der Waals surface area contributed by atoms with Gasteiger partial charge in [-0.3, -0.25) is 4.90 Å². The molecule has 0 spiro atoms. The number of aromatic carboxylic acids is 1. The fourth-order valence-corrected chi connectivity index (χ4v) is 6.85. The monoisotopic (exact) mass is 420 g/mol. The predicted molar refractivity (Wildman–Crippen MR) is 118 cm³/mol. The number of carbonyl (C=O) groups excluding carboxylic acids is 1. The molecule has 4 bridgehead atoms. The smallest absolute Gasteiger partial charge is 0.335 e. The highest BCUT2D eigenvalue weighted by molar-refractivity contribution is 5.99. The maximum Gasteiger partial charge on any atom is 0.335 e. The molecule has 0 aromatic heterocycles. The maximum absolute atomic E-state index is 12.4. The molecule has 2 aromatic rings. The van der Waals surface area contributed by atoms with Crippen molar-refractivity contribution in [2.45, 2.75) is 43.9 Å². The van der Waals surface area contributed by atoms with E-state index in [0.717, 1.165) is 23.5 Å². The second-order valence-corrected chi connectivity index (χ2v) is 9.61. The Balaban J connectivity index is 1.57. The van der Waals surface area contributed by atoms with Crippen LogP contribution in [0, 0.1) is 17.8 Å². The molecule has 4 aliphatic carbocycles. The molecule has 0 aliphatic heterocycles. The van der Waals surface area contributed by atoms with Crippen molar-refractivity contribution in [1.82, 2.24) is 0 Å². The van der Waals surface area contributed by atoms with E-state index in [9.17, 15) is 9.59 Å². The first-order valence-electron chi connectivity index (χ1n) is 11.0. The molecule has 6 rings (SSSR count). The fourth-order valence-electron chi connectivity index (χ4n) is 6.85. The van der Waals surface area contributed by atoms with Crippen LogP contribution in [0.5, 0.6) is 5.75 Å². The minimum atomic E-state index is -1.01. The van der Waals surface area contributed by atoms with Gasteiger partial charge < -0.3 is 15.6 Å². The normalized spacial score (nSPS) is 28.4. The first kappa shape index (κ1) is 19.9. The summed E-state index contributed by atoms with van der Waals surface area (Å²) in [6.07, 6.45) is 7.61. The quantitative estimate of drug-likeness (QED) is 0.706. The van der Waals surface area contributed by atoms with Crippen molar-refractivity contribution in [2.75, 3.05) is 12.0 Å². The minimum absolute atomic E-state index is 0.104. The molecule has 162 valence electrons. The van der Waals surface area contributed by atoms with Gasteiger partial charge in [0.05, 0.1) is 24.0 Å². The van der Waals surface area contributed by atoms with E-state index in [1.165, 1.54) is 61.1 Å². The van der Waals surface area contributed by atoms with Gasteiger partial charge in [-0.25, -0.2) is 9.59 Å². The van der Waals surface area contributed by atoms with E-state index in [1.54, 1.807) is 19.2 Å². The Morgan fingerprint density at radius 2 is 1.52 bits per heavy atom. The second kappa shape index (κ2) is 7.29. The molecule has 6 nitrogen and oxygen atoms in total.